The smallest absolute Gasteiger partial charge is 0.245 e. The molecule has 0 saturated carbocycles. The first-order valence-corrected chi connectivity index (χ1v) is 9.50. The third kappa shape index (κ3) is 4.72. The van der Waals surface area contributed by atoms with E-state index in [0.29, 0.717) is 16.4 Å². The molecule has 2 aromatic rings. The van der Waals surface area contributed by atoms with Crippen LogP contribution in [0.15, 0.2) is 42.5 Å². The molecule has 0 atom stereocenters. The Hall–Kier alpha value is -2.05. The molecule has 1 N–H and O–H groups in total. The Kier molecular flexibility index (Phi) is 5.51. The number of hydrogen-bond acceptors (Lipinski definition) is 3. The number of sulfonamides is 1. The van der Waals surface area contributed by atoms with Gasteiger partial charge in [0.1, 0.15) is 6.54 Å². The number of benzene rings is 2. The molecule has 7 heteroatoms. The SMILES string of the molecule is Cc1ccc(NC(=O)CN(c2ccc(C)c(Cl)c2)S(C)(=O)=O)cc1. The van der Waals surface area contributed by atoms with Crippen molar-refractivity contribution < 1.29 is 13.2 Å². The minimum Gasteiger partial charge on any atom is -0.325 e. The van der Waals surface area contributed by atoms with Gasteiger partial charge < -0.3 is 5.32 Å². The average molecular weight is 367 g/mol. The van der Waals surface area contributed by atoms with Crippen molar-refractivity contribution in [3.05, 3.63) is 58.6 Å². The highest BCUT2D eigenvalue weighted by molar-refractivity contribution is 7.92. The minimum absolute atomic E-state index is 0.327. The number of rotatable bonds is 5. The third-order valence-corrected chi connectivity index (χ3v) is 5.01. The van der Waals surface area contributed by atoms with Crippen LogP contribution in [0.3, 0.4) is 0 Å². The molecule has 24 heavy (non-hydrogen) atoms. The van der Waals surface area contributed by atoms with Gasteiger partial charge >= 0.3 is 0 Å². The Labute approximate surface area is 147 Å². The highest BCUT2D eigenvalue weighted by atomic mass is 35.5. The van der Waals surface area contributed by atoms with Crippen LogP contribution in [0, 0.1) is 13.8 Å². The van der Waals surface area contributed by atoms with Gasteiger partial charge in [0, 0.05) is 10.7 Å². The van der Waals surface area contributed by atoms with Gasteiger partial charge in [0.15, 0.2) is 0 Å². The van der Waals surface area contributed by atoms with Gasteiger partial charge in [-0.1, -0.05) is 35.4 Å². The van der Waals surface area contributed by atoms with Crippen molar-refractivity contribution in [3.8, 4) is 0 Å². The topological polar surface area (TPSA) is 66.5 Å². The first-order chi connectivity index (χ1) is 11.2. The standard InChI is InChI=1S/C17H19ClN2O3S/c1-12-4-7-14(8-5-12)19-17(21)11-20(24(3,22)23)15-9-6-13(2)16(18)10-15/h4-10H,11H2,1-3H3,(H,19,21). The number of nitrogens with zero attached hydrogens (tertiary/aromatic N) is 1. The number of carbonyl (C=O) groups is 1. The van der Waals surface area contributed by atoms with Crippen molar-refractivity contribution in [1.82, 2.24) is 0 Å². The van der Waals surface area contributed by atoms with Crippen molar-refractivity contribution in [3.63, 3.8) is 0 Å². The van der Waals surface area contributed by atoms with Crippen LogP contribution >= 0.6 is 11.6 Å². The summed E-state index contributed by atoms with van der Waals surface area (Å²) in [6.07, 6.45) is 1.06. The Morgan fingerprint density at radius 2 is 1.75 bits per heavy atom. The van der Waals surface area contributed by atoms with E-state index in [-0.39, 0.29) is 6.54 Å². The van der Waals surface area contributed by atoms with E-state index < -0.39 is 15.9 Å². The van der Waals surface area contributed by atoms with Gasteiger partial charge in [0.05, 0.1) is 11.9 Å². The van der Waals surface area contributed by atoms with Crippen LogP contribution in [-0.2, 0) is 14.8 Å². The average Bonchev–Trinajstić information content (AvgIpc) is 2.49. The van der Waals surface area contributed by atoms with Crippen molar-refractivity contribution >= 4 is 38.9 Å². The lowest BCUT2D eigenvalue weighted by Gasteiger charge is -2.22. The summed E-state index contributed by atoms with van der Waals surface area (Å²) in [5.74, 6) is -0.430. The van der Waals surface area contributed by atoms with Crippen molar-refractivity contribution in [2.24, 2.45) is 0 Å². The monoisotopic (exact) mass is 366 g/mol. The van der Waals surface area contributed by atoms with Gasteiger partial charge in [-0.2, -0.15) is 0 Å². The molecule has 0 radical (unpaired) electrons. The van der Waals surface area contributed by atoms with Crippen LogP contribution in [0.25, 0.3) is 0 Å². The number of anilines is 2. The van der Waals surface area contributed by atoms with Gasteiger partial charge in [-0.05, 0) is 43.7 Å². The van der Waals surface area contributed by atoms with Crippen LogP contribution in [0.1, 0.15) is 11.1 Å². The van der Waals surface area contributed by atoms with Crippen molar-refractivity contribution in [1.29, 1.82) is 0 Å². The van der Waals surface area contributed by atoms with E-state index in [2.05, 4.69) is 5.32 Å². The largest absolute Gasteiger partial charge is 0.325 e. The summed E-state index contributed by atoms with van der Waals surface area (Å²) in [6.45, 7) is 3.44. The molecule has 1 amide bonds. The molecule has 0 aliphatic rings. The second-order valence-corrected chi connectivity index (χ2v) is 7.93. The molecular weight excluding hydrogens is 348 g/mol. The first kappa shape index (κ1) is 18.3. The van der Waals surface area contributed by atoms with Crippen LogP contribution < -0.4 is 9.62 Å². The van der Waals surface area contributed by atoms with E-state index in [1.165, 1.54) is 6.07 Å². The Morgan fingerprint density at radius 3 is 2.29 bits per heavy atom. The molecule has 0 heterocycles. The van der Waals surface area contributed by atoms with E-state index in [4.69, 9.17) is 11.6 Å². The summed E-state index contributed by atoms with van der Waals surface area (Å²) in [4.78, 5) is 12.2. The summed E-state index contributed by atoms with van der Waals surface area (Å²) in [5, 5.41) is 3.13. The second kappa shape index (κ2) is 7.23. The molecule has 128 valence electrons. The number of halogens is 1. The Bertz CT molecular complexity index is 849. The van der Waals surface area contributed by atoms with Gasteiger partial charge in [-0.15, -0.1) is 0 Å². The molecule has 0 aliphatic heterocycles. The zero-order chi connectivity index (χ0) is 17.9. The highest BCUT2D eigenvalue weighted by Crippen LogP contribution is 2.24. The summed E-state index contributed by atoms with van der Waals surface area (Å²) in [7, 11) is -3.63. The molecular formula is C17H19ClN2O3S. The predicted octanol–water partition coefficient (Wildman–Crippen LogP) is 3.36. The maximum absolute atomic E-state index is 12.2. The van der Waals surface area contributed by atoms with Gasteiger partial charge in [-0.25, -0.2) is 8.42 Å². The fraction of sp³-hybridized carbons (Fsp3) is 0.235. The third-order valence-electron chi connectivity index (χ3n) is 3.47. The Morgan fingerprint density at radius 1 is 1.12 bits per heavy atom. The molecule has 0 aliphatic carbocycles. The molecule has 0 unspecified atom stereocenters. The van der Waals surface area contributed by atoms with Gasteiger partial charge in [0.25, 0.3) is 0 Å². The van der Waals surface area contributed by atoms with E-state index in [0.717, 1.165) is 21.7 Å². The van der Waals surface area contributed by atoms with Crippen molar-refractivity contribution in [2.75, 3.05) is 22.4 Å². The zero-order valence-corrected chi connectivity index (χ0v) is 15.3. The van der Waals surface area contributed by atoms with Gasteiger partial charge in [-0.3, -0.25) is 9.10 Å². The molecule has 2 aromatic carbocycles. The van der Waals surface area contributed by atoms with Crippen molar-refractivity contribution in [2.45, 2.75) is 13.8 Å². The quantitative estimate of drug-likeness (QED) is 0.882. The summed E-state index contributed by atoms with van der Waals surface area (Å²) in [5.41, 5.74) is 2.87. The molecule has 0 fully saturated rings. The van der Waals surface area contributed by atoms with E-state index >= 15 is 0 Å². The lowest BCUT2D eigenvalue weighted by molar-refractivity contribution is -0.114. The number of nitrogens with one attached hydrogen (secondary N) is 1. The van der Waals surface area contributed by atoms with E-state index in [1.54, 1.807) is 24.3 Å². The maximum Gasteiger partial charge on any atom is 0.245 e. The normalized spacial score (nSPS) is 11.2. The van der Waals surface area contributed by atoms with Crippen LogP contribution in [-0.4, -0.2) is 27.1 Å². The fourth-order valence-electron chi connectivity index (χ4n) is 2.10. The molecule has 0 spiro atoms. The molecule has 5 nitrogen and oxygen atoms in total. The summed E-state index contributed by atoms with van der Waals surface area (Å²) >= 11 is 6.07. The van der Waals surface area contributed by atoms with Gasteiger partial charge in [0.2, 0.25) is 15.9 Å². The number of aryl methyl sites for hydroxylation is 2. The maximum atomic E-state index is 12.2. The van der Waals surface area contributed by atoms with Crippen LogP contribution in [0.4, 0.5) is 11.4 Å². The molecule has 0 aromatic heterocycles. The predicted molar refractivity (Wildman–Crippen MR) is 98.2 cm³/mol. The lowest BCUT2D eigenvalue weighted by Crippen LogP contribution is -2.37. The fourth-order valence-corrected chi connectivity index (χ4v) is 3.13. The van der Waals surface area contributed by atoms with Crippen LogP contribution in [0.2, 0.25) is 5.02 Å². The first-order valence-electron chi connectivity index (χ1n) is 7.27. The van der Waals surface area contributed by atoms with Crippen LogP contribution in [0.5, 0.6) is 0 Å². The lowest BCUT2D eigenvalue weighted by atomic mass is 10.2. The number of carbonyl (C=O) groups excluding carboxylic acids is 1. The zero-order valence-electron chi connectivity index (χ0n) is 13.7. The highest BCUT2D eigenvalue weighted by Gasteiger charge is 2.21. The molecule has 2 rings (SSSR count). The van der Waals surface area contributed by atoms with E-state index in [1.807, 2.05) is 26.0 Å². The summed E-state index contributed by atoms with van der Waals surface area (Å²) < 4.78 is 25.2. The number of amides is 1. The second-order valence-electron chi connectivity index (χ2n) is 5.62. The minimum atomic E-state index is -3.63. The summed E-state index contributed by atoms with van der Waals surface area (Å²) in [6, 6.07) is 12.1. The molecule has 0 bridgehead atoms. The molecule has 0 saturated heterocycles. The Balaban J connectivity index is 2.21. The van der Waals surface area contributed by atoms with E-state index in [9.17, 15) is 13.2 Å². The number of hydrogen-bond donors (Lipinski definition) is 1.